The molecule has 1 unspecified atom stereocenters. The number of halogens is 1. The van der Waals surface area contributed by atoms with Crippen molar-refractivity contribution < 1.29 is 0 Å². The van der Waals surface area contributed by atoms with Crippen molar-refractivity contribution in [3.63, 3.8) is 0 Å². The van der Waals surface area contributed by atoms with E-state index >= 15 is 0 Å². The molecule has 0 aromatic carbocycles. The molecule has 1 aliphatic carbocycles. The minimum atomic E-state index is -0.542. The molecule has 2 nitrogen and oxygen atoms in total. The predicted molar refractivity (Wildman–Crippen MR) is 38.2 cm³/mol. The largest absolute Gasteiger partial charge is 0.313 e. The second-order valence-corrected chi connectivity index (χ2v) is 2.67. The summed E-state index contributed by atoms with van der Waals surface area (Å²) in [5.41, 5.74) is 5.02. The summed E-state index contributed by atoms with van der Waals surface area (Å²) in [5, 5.41) is 8.43. The number of hydrogen-bond acceptors (Lipinski definition) is 2. The number of nitrogens with zero attached hydrogens (tertiary/aromatic N) is 1. The van der Waals surface area contributed by atoms with Gasteiger partial charge in [-0.25, -0.2) is 0 Å². The number of nitrogens with two attached hydrogens (primary N) is 1. The van der Waals surface area contributed by atoms with Gasteiger partial charge in [0, 0.05) is 0 Å². The number of nitriles is 1. The van der Waals surface area contributed by atoms with Gasteiger partial charge in [-0.1, -0.05) is 0 Å². The van der Waals surface area contributed by atoms with Crippen LogP contribution in [-0.2, 0) is 0 Å². The van der Waals surface area contributed by atoms with Crippen molar-refractivity contribution in [2.75, 3.05) is 0 Å². The van der Waals surface area contributed by atoms with Gasteiger partial charge >= 0.3 is 0 Å². The average Bonchev–Trinajstić information content (AvgIpc) is 2.44. The van der Waals surface area contributed by atoms with Crippen molar-refractivity contribution >= 4 is 12.4 Å². The minimum Gasteiger partial charge on any atom is -0.313 e. The molecule has 2 N–H and O–H groups in total. The maximum absolute atomic E-state index is 8.43. The van der Waals surface area contributed by atoms with E-state index < -0.39 is 5.54 Å². The van der Waals surface area contributed by atoms with Crippen LogP contribution in [0.5, 0.6) is 0 Å². The van der Waals surface area contributed by atoms with Crippen LogP contribution in [0.15, 0.2) is 0 Å². The zero-order valence-corrected chi connectivity index (χ0v) is 6.24. The lowest BCUT2D eigenvalue weighted by Gasteiger charge is -2.11. The molecule has 3 heteroatoms. The normalized spacial score (nSPS) is 23.2. The van der Waals surface area contributed by atoms with E-state index in [1.54, 1.807) is 6.92 Å². The van der Waals surface area contributed by atoms with E-state index in [1.807, 2.05) is 0 Å². The number of hydrogen-bond donors (Lipinski definition) is 1. The maximum Gasteiger partial charge on any atom is 0.104 e. The van der Waals surface area contributed by atoms with Crippen molar-refractivity contribution in [1.82, 2.24) is 0 Å². The Bertz CT molecular complexity index is 132. The van der Waals surface area contributed by atoms with E-state index in [-0.39, 0.29) is 12.4 Å². The monoisotopic (exact) mass is 146 g/mol. The van der Waals surface area contributed by atoms with Crippen LogP contribution in [-0.4, -0.2) is 5.54 Å². The Morgan fingerprint density at radius 3 is 2.22 bits per heavy atom. The van der Waals surface area contributed by atoms with Crippen molar-refractivity contribution in [3.05, 3.63) is 0 Å². The summed E-state index contributed by atoms with van der Waals surface area (Å²) >= 11 is 0. The van der Waals surface area contributed by atoms with Crippen LogP contribution in [0.25, 0.3) is 0 Å². The first kappa shape index (κ1) is 8.74. The molecule has 0 aromatic heterocycles. The lowest BCUT2D eigenvalue weighted by molar-refractivity contribution is 0.523. The van der Waals surface area contributed by atoms with Crippen LogP contribution in [0.1, 0.15) is 19.8 Å². The van der Waals surface area contributed by atoms with Gasteiger partial charge in [0.15, 0.2) is 0 Å². The first-order valence-electron chi connectivity index (χ1n) is 2.87. The molecule has 0 spiro atoms. The molecule has 1 rings (SSSR count). The third kappa shape index (κ3) is 1.85. The molecular weight excluding hydrogens is 136 g/mol. The van der Waals surface area contributed by atoms with Crippen molar-refractivity contribution in [2.45, 2.75) is 25.3 Å². The first-order valence-corrected chi connectivity index (χ1v) is 2.87. The third-order valence-corrected chi connectivity index (χ3v) is 1.67. The van der Waals surface area contributed by atoms with Crippen LogP contribution < -0.4 is 5.73 Å². The lowest BCUT2D eigenvalue weighted by atomic mass is 10.0. The van der Waals surface area contributed by atoms with E-state index in [0.717, 1.165) is 12.8 Å². The first-order chi connectivity index (χ1) is 3.67. The summed E-state index contributed by atoms with van der Waals surface area (Å²) in [5.74, 6) is 0.479. The summed E-state index contributed by atoms with van der Waals surface area (Å²) in [7, 11) is 0. The highest BCUT2D eigenvalue weighted by atomic mass is 35.5. The summed E-state index contributed by atoms with van der Waals surface area (Å²) in [6, 6.07) is 2.08. The molecule has 9 heavy (non-hydrogen) atoms. The lowest BCUT2D eigenvalue weighted by Crippen LogP contribution is -2.36. The van der Waals surface area contributed by atoms with Gasteiger partial charge in [0.05, 0.1) is 6.07 Å². The fourth-order valence-electron chi connectivity index (χ4n) is 0.774. The molecule has 52 valence electrons. The molecule has 0 saturated heterocycles. The SMILES string of the molecule is CC(N)(C#N)C1CC1.Cl. The molecule has 0 aliphatic heterocycles. The Hall–Kier alpha value is -0.260. The standard InChI is InChI=1S/C6H10N2.ClH/c1-6(8,4-7)5-2-3-5;/h5H,2-3,8H2,1H3;1H. The van der Waals surface area contributed by atoms with Gasteiger partial charge in [-0.2, -0.15) is 5.26 Å². The Balaban J connectivity index is 0.000000640. The Labute approximate surface area is 61.4 Å². The van der Waals surface area contributed by atoms with Crippen molar-refractivity contribution in [3.8, 4) is 6.07 Å². The molecule has 1 saturated carbocycles. The Kier molecular flexibility index (Phi) is 2.48. The zero-order valence-electron chi connectivity index (χ0n) is 5.42. The molecular formula is C6H11ClN2. The molecule has 0 aromatic rings. The number of rotatable bonds is 1. The fraction of sp³-hybridized carbons (Fsp3) is 0.833. The van der Waals surface area contributed by atoms with E-state index in [2.05, 4.69) is 6.07 Å². The van der Waals surface area contributed by atoms with Crippen molar-refractivity contribution in [2.24, 2.45) is 11.7 Å². The molecule has 1 atom stereocenters. The van der Waals surface area contributed by atoms with E-state index in [0.29, 0.717) is 5.92 Å². The highest BCUT2D eigenvalue weighted by Gasteiger charge is 2.38. The highest BCUT2D eigenvalue weighted by Crippen LogP contribution is 2.37. The fourth-order valence-corrected chi connectivity index (χ4v) is 0.774. The van der Waals surface area contributed by atoms with Crippen LogP contribution >= 0.6 is 12.4 Å². The second-order valence-electron chi connectivity index (χ2n) is 2.67. The summed E-state index contributed by atoms with van der Waals surface area (Å²) < 4.78 is 0. The molecule has 1 fully saturated rings. The zero-order chi connectivity index (χ0) is 6.20. The van der Waals surface area contributed by atoms with Gasteiger partial charge in [0.1, 0.15) is 5.54 Å². The summed E-state index contributed by atoms with van der Waals surface area (Å²) in [4.78, 5) is 0. The summed E-state index contributed by atoms with van der Waals surface area (Å²) in [6.07, 6.45) is 2.28. The van der Waals surface area contributed by atoms with E-state index in [4.69, 9.17) is 11.0 Å². The topological polar surface area (TPSA) is 49.8 Å². The minimum absolute atomic E-state index is 0. The van der Waals surface area contributed by atoms with E-state index in [9.17, 15) is 0 Å². The van der Waals surface area contributed by atoms with Gasteiger partial charge in [-0.05, 0) is 25.7 Å². The smallest absolute Gasteiger partial charge is 0.104 e. The van der Waals surface area contributed by atoms with Gasteiger partial charge in [-0.15, -0.1) is 12.4 Å². The van der Waals surface area contributed by atoms with Crippen molar-refractivity contribution in [1.29, 1.82) is 5.26 Å². The third-order valence-electron chi connectivity index (χ3n) is 1.67. The average molecular weight is 147 g/mol. The summed E-state index contributed by atoms with van der Waals surface area (Å²) in [6.45, 7) is 1.80. The Morgan fingerprint density at radius 2 is 2.11 bits per heavy atom. The van der Waals surface area contributed by atoms with Gasteiger partial charge < -0.3 is 5.73 Å². The van der Waals surface area contributed by atoms with Crippen LogP contribution in [0.2, 0.25) is 0 Å². The molecule has 1 aliphatic rings. The van der Waals surface area contributed by atoms with Gasteiger partial charge in [-0.3, -0.25) is 0 Å². The maximum atomic E-state index is 8.43. The predicted octanol–water partition coefficient (Wildman–Crippen LogP) is 1.06. The molecule has 0 bridgehead atoms. The van der Waals surface area contributed by atoms with Gasteiger partial charge in [0.2, 0.25) is 0 Å². The van der Waals surface area contributed by atoms with E-state index in [1.165, 1.54) is 0 Å². The molecule has 0 heterocycles. The van der Waals surface area contributed by atoms with Crippen LogP contribution in [0.3, 0.4) is 0 Å². The molecule has 0 amide bonds. The quantitative estimate of drug-likeness (QED) is 0.602. The van der Waals surface area contributed by atoms with Crippen LogP contribution in [0.4, 0.5) is 0 Å². The van der Waals surface area contributed by atoms with Crippen LogP contribution in [0, 0.1) is 17.2 Å². The Morgan fingerprint density at radius 1 is 1.67 bits per heavy atom. The highest BCUT2D eigenvalue weighted by molar-refractivity contribution is 5.85. The van der Waals surface area contributed by atoms with Gasteiger partial charge in [0.25, 0.3) is 0 Å². The molecule has 0 radical (unpaired) electrons. The second kappa shape index (κ2) is 2.55.